The van der Waals surface area contributed by atoms with Crippen molar-refractivity contribution in [1.29, 1.82) is 0 Å². The van der Waals surface area contributed by atoms with Crippen LogP contribution in [0, 0.1) is 11.3 Å². The summed E-state index contributed by atoms with van der Waals surface area (Å²) in [5, 5.41) is 3.44. The van der Waals surface area contributed by atoms with Crippen LogP contribution in [0.25, 0.3) is 0 Å². The smallest absolute Gasteiger partial charge is 0.236 e. The van der Waals surface area contributed by atoms with Gasteiger partial charge in [0.2, 0.25) is 11.8 Å². The van der Waals surface area contributed by atoms with Gasteiger partial charge in [0, 0.05) is 26.2 Å². The topological polar surface area (TPSA) is 78.7 Å². The zero-order valence-corrected chi connectivity index (χ0v) is 12.6. The Hall–Kier alpha value is -1.14. The van der Waals surface area contributed by atoms with Crippen LogP contribution in [-0.4, -0.2) is 67.4 Å². The first-order valence-corrected chi connectivity index (χ1v) is 8.08. The van der Waals surface area contributed by atoms with E-state index in [1.54, 1.807) is 0 Å². The Labute approximate surface area is 126 Å². The lowest BCUT2D eigenvalue weighted by Gasteiger charge is -2.32. The molecule has 3 aliphatic heterocycles. The molecule has 0 aliphatic carbocycles. The maximum absolute atomic E-state index is 12.4. The fraction of sp³-hybridized carbons (Fsp3) is 0.867. The van der Waals surface area contributed by atoms with Gasteiger partial charge >= 0.3 is 0 Å². The summed E-state index contributed by atoms with van der Waals surface area (Å²) in [5.41, 5.74) is 5.78. The molecule has 3 fully saturated rings. The third kappa shape index (κ3) is 3.21. The van der Waals surface area contributed by atoms with Crippen molar-refractivity contribution < 1.29 is 9.59 Å². The predicted molar refractivity (Wildman–Crippen MR) is 79.5 cm³/mol. The number of likely N-dealkylation sites (tertiary alicyclic amines) is 2. The number of nitrogens with zero attached hydrogens (tertiary/aromatic N) is 2. The van der Waals surface area contributed by atoms with Crippen LogP contribution in [0.4, 0.5) is 0 Å². The minimum absolute atomic E-state index is 0.156. The first kappa shape index (κ1) is 14.8. The molecular formula is C15H26N4O2. The van der Waals surface area contributed by atoms with Gasteiger partial charge in [-0.15, -0.1) is 0 Å². The molecular weight excluding hydrogens is 268 g/mol. The molecule has 3 rings (SSSR count). The minimum Gasteiger partial charge on any atom is -0.369 e. The van der Waals surface area contributed by atoms with E-state index in [2.05, 4.69) is 10.2 Å². The number of carbonyl (C=O) groups excluding carboxylic acids is 2. The summed E-state index contributed by atoms with van der Waals surface area (Å²) in [7, 11) is 0. The van der Waals surface area contributed by atoms with E-state index >= 15 is 0 Å². The molecule has 2 amide bonds. The first-order chi connectivity index (χ1) is 10.1. The molecule has 2 atom stereocenters. The first-order valence-electron chi connectivity index (χ1n) is 8.08. The third-order valence-corrected chi connectivity index (χ3v) is 5.38. The van der Waals surface area contributed by atoms with E-state index in [0.29, 0.717) is 18.5 Å². The fourth-order valence-electron chi connectivity index (χ4n) is 4.03. The summed E-state index contributed by atoms with van der Waals surface area (Å²) < 4.78 is 0. The van der Waals surface area contributed by atoms with Crippen LogP contribution in [0.3, 0.4) is 0 Å². The van der Waals surface area contributed by atoms with Crippen LogP contribution in [0.15, 0.2) is 0 Å². The maximum Gasteiger partial charge on any atom is 0.236 e. The normalized spacial score (nSPS) is 33.7. The Balaban J connectivity index is 1.51. The second kappa shape index (κ2) is 5.93. The van der Waals surface area contributed by atoms with Crippen LogP contribution in [0.1, 0.15) is 25.7 Å². The third-order valence-electron chi connectivity index (χ3n) is 5.38. The summed E-state index contributed by atoms with van der Waals surface area (Å²) in [6.07, 6.45) is 4.12. The SMILES string of the molecule is NC(=O)C1CCCN(C(=O)CN2CCC3(CCNC3)C2)C1. The zero-order valence-electron chi connectivity index (χ0n) is 12.6. The number of piperidine rings is 1. The molecule has 6 heteroatoms. The number of nitrogens with one attached hydrogen (secondary N) is 1. The van der Waals surface area contributed by atoms with Gasteiger partial charge in [0.05, 0.1) is 12.5 Å². The molecule has 1 spiro atoms. The van der Waals surface area contributed by atoms with Gasteiger partial charge in [0.1, 0.15) is 0 Å². The quantitative estimate of drug-likeness (QED) is 0.728. The molecule has 2 unspecified atom stereocenters. The van der Waals surface area contributed by atoms with Crippen molar-refractivity contribution in [3.63, 3.8) is 0 Å². The van der Waals surface area contributed by atoms with E-state index in [0.717, 1.165) is 45.6 Å². The molecule has 0 saturated carbocycles. The second-order valence-electron chi connectivity index (χ2n) is 6.97. The van der Waals surface area contributed by atoms with Crippen molar-refractivity contribution >= 4 is 11.8 Å². The average molecular weight is 294 g/mol. The number of hydrogen-bond acceptors (Lipinski definition) is 4. The van der Waals surface area contributed by atoms with E-state index in [1.807, 2.05) is 4.90 Å². The van der Waals surface area contributed by atoms with Crippen LogP contribution in [-0.2, 0) is 9.59 Å². The summed E-state index contributed by atoms with van der Waals surface area (Å²) >= 11 is 0. The summed E-state index contributed by atoms with van der Waals surface area (Å²) in [6.45, 7) is 6.00. The molecule has 21 heavy (non-hydrogen) atoms. The summed E-state index contributed by atoms with van der Waals surface area (Å²) in [4.78, 5) is 27.9. The van der Waals surface area contributed by atoms with Crippen LogP contribution in [0.5, 0.6) is 0 Å². The number of primary amides is 1. The lowest BCUT2D eigenvalue weighted by molar-refractivity contribution is -0.135. The van der Waals surface area contributed by atoms with Crippen molar-refractivity contribution in [2.75, 3.05) is 45.8 Å². The van der Waals surface area contributed by atoms with E-state index in [-0.39, 0.29) is 17.7 Å². The van der Waals surface area contributed by atoms with Crippen molar-refractivity contribution in [1.82, 2.24) is 15.1 Å². The van der Waals surface area contributed by atoms with Gasteiger partial charge in [-0.1, -0.05) is 0 Å². The molecule has 3 saturated heterocycles. The second-order valence-corrected chi connectivity index (χ2v) is 6.97. The molecule has 6 nitrogen and oxygen atoms in total. The van der Waals surface area contributed by atoms with Crippen LogP contribution >= 0.6 is 0 Å². The molecule has 0 aromatic heterocycles. The van der Waals surface area contributed by atoms with Gasteiger partial charge in [0.25, 0.3) is 0 Å². The lowest BCUT2D eigenvalue weighted by Crippen LogP contribution is -2.47. The highest BCUT2D eigenvalue weighted by Crippen LogP contribution is 2.35. The summed E-state index contributed by atoms with van der Waals surface area (Å²) in [5.74, 6) is -0.278. The van der Waals surface area contributed by atoms with Crippen LogP contribution < -0.4 is 11.1 Å². The Bertz CT molecular complexity index is 420. The van der Waals surface area contributed by atoms with Gasteiger partial charge in [-0.2, -0.15) is 0 Å². The number of rotatable bonds is 3. The molecule has 0 aromatic carbocycles. The van der Waals surface area contributed by atoms with E-state index in [1.165, 1.54) is 12.8 Å². The number of amides is 2. The standard InChI is InChI=1S/C15H26N4O2/c16-14(21)12-2-1-6-19(8-12)13(20)9-18-7-4-15(11-18)3-5-17-10-15/h12,17H,1-11H2,(H2,16,21). The van der Waals surface area contributed by atoms with Crippen molar-refractivity contribution in [2.45, 2.75) is 25.7 Å². The van der Waals surface area contributed by atoms with E-state index in [4.69, 9.17) is 5.73 Å². The highest BCUT2D eigenvalue weighted by atomic mass is 16.2. The molecule has 3 aliphatic rings. The van der Waals surface area contributed by atoms with E-state index in [9.17, 15) is 9.59 Å². The minimum atomic E-state index is -0.273. The van der Waals surface area contributed by atoms with Gasteiger partial charge in [-0.25, -0.2) is 0 Å². The number of carbonyl (C=O) groups is 2. The number of hydrogen-bond donors (Lipinski definition) is 2. The largest absolute Gasteiger partial charge is 0.369 e. The van der Waals surface area contributed by atoms with Gasteiger partial charge in [-0.05, 0) is 44.2 Å². The maximum atomic E-state index is 12.4. The van der Waals surface area contributed by atoms with Gasteiger partial charge < -0.3 is 16.0 Å². The summed E-state index contributed by atoms with van der Waals surface area (Å²) in [6, 6.07) is 0. The monoisotopic (exact) mass is 294 g/mol. The zero-order chi connectivity index (χ0) is 14.9. The fourth-order valence-corrected chi connectivity index (χ4v) is 4.03. The van der Waals surface area contributed by atoms with Crippen LogP contribution in [0.2, 0.25) is 0 Å². The molecule has 0 bridgehead atoms. The molecule has 0 aromatic rings. The molecule has 3 heterocycles. The van der Waals surface area contributed by atoms with Crippen molar-refractivity contribution in [2.24, 2.45) is 17.1 Å². The highest BCUT2D eigenvalue weighted by molar-refractivity contribution is 5.81. The number of nitrogens with two attached hydrogens (primary N) is 1. The highest BCUT2D eigenvalue weighted by Gasteiger charge is 2.41. The van der Waals surface area contributed by atoms with Crippen molar-refractivity contribution in [3.05, 3.63) is 0 Å². The average Bonchev–Trinajstić information content (AvgIpc) is 3.09. The van der Waals surface area contributed by atoms with Gasteiger partial charge in [0.15, 0.2) is 0 Å². The predicted octanol–water partition coefficient (Wildman–Crippen LogP) is -0.604. The lowest BCUT2D eigenvalue weighted by atomic mass is 9.87. The van der Waals surface area contributed by atoms with E-state index < -0.39 is 0 Å². The Morgan fingerprint density at radius 2 is 2.14 bits per heavy atom. The Morgan fingerprint density at radius 3 is 2.86 bits per heavy atom. The molecule has 118 valence electrons. The van der Waals surface area contributed by atoms with Crippen molar-refractivity contribution in [3.8, 4) is 0 Å². The van der Waals surface area contributed by atoms with Gasteiger partial charge in [-0.3, -0.25) is 14.5 Å². The molecule has 0 radical (unpaired) electrons. The Morgan fingerprint density at radius 1 is 1.29 bits per heavy atom. The molecule has 3 N–H and O–H groups in total. The Kier molecular flexibility index (Phi) is 4.17.